The Labute approximate surface area is 90.7 Å². The first kappa shape index (κ1) is 19.2. The van der Waals surface area contributed by atoms with Gasteiger partial charge in [0.1, 0.15) is 6.29 Å². The van der Waals surface area contributed by atoms with Gasteiger partial charge in [-0.3, -0.25) is 0 Å². The highest BCUT2D eigenvalue weighted by Crippen LogP contribution is 2.04. The Balaban J connectivity index is -0.000000266. The minimum atomic E-state index is 0.542. The Morgan fingerprint density at radius 1 is 1.14 bits per heavy atom. The zero-order chi connectivity index (χ0) is 12.0. The second kappa shape index (κ2) is 18.4. The number of nitrogens with zero attached hydrogens (tertiary/aromatic N) is 1. The molecule has 0 radical (unpaired) electrons. The molecule has 0 aliphatic carbocycles. The van der Waals surface area contributed by atoms with Crippen LogP contribution in [-0.2, 0) is 4.79 Å². The highest BCUT2D eigenvalue weighted by molar-refractivity contribution is 5.49. The smallest absolute Gasteiger partial charge is 0.120 e. The van der Waals surface area contributed by atoms with Gasteiger partial charge in [-0.1, -0.05) is 34.6 Å². The normalized spacial score (nSPS) is 10.6. The van der Waals surface area contributed by atoms with Crippen molar-refractivity contribution >= 4 is 6.29 Å². The number of aldehydes is 1. The minimum absolute atomic E-state index is 0.542. The largest absolute Gasteiger partial charge is 0.309 e. The molecular weight excluding hydrogens is 174 g/mol. The van der Waals surface area contributed by atoms with Gasteiger partial charge in [-0.25, -0.2) is 0 Å². The highest BCUT2D eigenvalue weighted by atomic mass is 16.1. The predicted molar refractivity (Wildman–Crippen MR) is 65.7 cm³/mol. The van der Waals surface area contributed by atoms with Gasteiger partial charge in [-0.2, -0.15) is 0 Å². The van der Waals surface area contributed by atoms with Gasteiger partial charge in [-0.15, -0.1) is 0 Å². The van der Waals surface area contributed by atoms with E-state index in [4.69, 9.17) is 0 Å². The first-order chi connectivity index (χ1) is 6.66. The molecule has 88 valence electrons. The van der Waals surface area contributed by atoms with Crippen molar-refractivity contribution in [1.82, 2.24) is 4.90 Å². The maximum absolute atomic E-state index is 10.0. The standard InChI is InChI=1S/C8H17NO.2C2H6/c1-8(5-7-10)4-6-9(2)3;2*1-2/h7-8H,4-6H2,1-3H3;2*1-2H3. The molecule has 0 heterocycles. The average Bonchev–Trinajstić information content (AvgIpc) is 2.21. The van der Waals surface area contributed by atoms with E-state index in [1.807, 2.05) is 41.8 Å². The fourth-order valence-electron chi connectivity index (χ4n) is 0.761. The fourth-order valence-corrected chi connectivity index (χ4v) is 0.761. The lowest BCUT2D eigenvalue weighted by Crippen LogP contribution is -2.15. The molecule has 0 saturated carbocycles. The molecule has 2 nitrogen and oxygen atoms in total. The minimum Gasteiger partial charge on any atom is -0.309 e. The van der Waals surface area contributed by atoms with Crippen LogP contribution in [0.25, 0.3) is 0 Å². The molecule has 14 heavy (non-hydrogen) atoms. The summed E-state index contributed by atoms with van der Waals surface area (Å²) in [5.74, 6) is 0.542. The maximum Gasteiger partial charge on any atom is 0.120 e. The van der Waals surface area contributed by atoms with Crippen molar-refractivity contribution in [3.8, 4) is 0 Å². The van der Waals surface area contributed by atoms with Crippen LogP contribution in [0.2, 0.25) is 0 Å². The van der Waals surface area contributed by atoms with E-state index in [1.54, 1.807) is 0 Å². The monoisotopic (exact) mass is 203 g/mol. The van der Waals surface area contributed by atoms with E-state index in [9.17, 15) is 4.79 Å². The van der Waals surface area contributed by atoms with Crippen LogP contribution in [0.5, 0.6) is 0 Å². The molecule has 1 unspecified atom stereocenters. The summed E-state index contributed by atoms with van der Waals surface area (Å²) in [6.45, 7) is 11.2. The summed E-state index contributed by atoms with van der Waals surface area (Å²) in [7, 11) is 4.10. The third-order valence-electron chi connectivity index (χ3n) is 1.57. The average molecular weight is 203 g/mol. The zero-order valence-corrected chi connectivity index (χ0v) is 11.1. The molecule has 0 aliphatic rings. The molecule has 0 spiro atoms. The van der Waals surface area contributed by atoms with Crippen LogP contribution in [0.15, 0.2) is 0 Å². The molecule has 1 atom stereocenters. The number of carbonyl (C=O) groups is 1. The number of carbonyl (C=O) groups excluding carboxylic acids is 1. The lowest BCUT2D eigenvalue weighted by Gasteiger charge is -2.12. The molecular formula is C12H29NO. The van der Waals surface area contributed by atoms with Crippen LogP contribution >= 0.6 is 0 Å². The Morgan fingerprint density at radius 2 is 1.57 bits per heavy atom. The van der Waals surface area contributed by atoms with Gasteiger partial charge < -0.3 is 9.69 Å². The van der Waals surface area contributed by atoms with Crippen LogP contribution in [0.3, 0.4) is 0 Å². The van der Waals surface area contributed by atoms with Gasteiger partial charge in [0.05, 0.1) is 0 Å². The van der Waals surface area contributed by atoms with Crippen molar-refractivity contribution in [2.45, 2.75) is 47.5 Å². The Hall–Kier alpha value is -0.370. The molecule has 0 rings (SSSR count). The third-order valence-corrected chi connectivity index (χ3v) is 1.57. The summed E-state index contributed by atoms with van der Waals surface area (Å²) in [6.07, 6.45) is 2.82. The van der Waals surface area contributed by atoms with Crippen LogP contribution in [-0.4, -0.2) is 31.8 Å². The molecule has 2 heteroatoms. The lowest BCUT2D eigenvalue weighted by atomic mass is 10.1. The summed E-state index contributed by atoms with van der Waals surface area (Å²) in [5, 5.41) is 0. The molecule has 0 N–H and O–H groups in total. The van der Waals surface area contributed by atoms with E-state index in [0.717, 1.165) is 19.3 Å². The van der Waals surface area contributed by atoms with Gasteiger partial charge in [0.25, 0.3) is 0 Å². The predicted octanol–water partition coefficient (Wildman–Crippen LogP) is 3.22. The van der Waals surface area contributed by atoms with Crippen LogP contribution in [0.1, 0.15) is 47.5 Å². The van der Waals surface area contributed by atoms with Crippen molar-refractivity contribution in [2.24, 2.45) is 5.92 Å². The maximum atomic E-state index is 10.0. The Bertz CT molecular complexity index is 92.3. The molecule has 0 aromatic carbocycles. The number of rotatable bonds is 5. The van der Waals surface area contributed by atoms with Gasteiger partial charge in [0.15, 0.2) is 0 Å². The summed E-state index contributed by atoms with van der Waals surface area (Å²) in [5.41, 5.74) is 0. The van der Waals surface area contributed by atoms with Gasteiger partial charge >= 0.3 is 0 Å². The van der Waals surface area contributed by atoms with E-state index >= 15 is 0 Å². The Morgan fingerprint density at radius 3 is 1.86 bits per heavy atom. The first-order valence-corrected chi connectivity index (χ1v) is 5.75. The van der Waals surface area contributed by atoms with Crippen molar-refractivity contribution < 1.29 is 4.79 Å². The van der Waals surface area contributed by atoms with Crippen LogP contribution in [0, 0.1) is 5.92 Å². The molecule has 0 amide bonds. The topological polar surface area (TPSA) is 20.3 Å². The van der Waals surface area contributed by atoms with Crippen LogP contribution in [0.4, 0.5) is 0 Å². The van der Waals surface area contributed by atoms with Crippen molar-refractivity contribution in [3.05, 3.63) is 0 Å². The van der Waals surface area contributed by atoms with Crippen molar-refractivity contribution in [2.75, 3.05) is 20.6 Å². The highest BCUT2D eigenvalue weighted by Gasteiger charge is 2.00. The molecule has 0 aromatic heterocycles. The second-order valence-electron chi connectivity index (χ2n) is 3.10. The molecule has 0 bridgehead atoms. The molecule has 0 saturated heterocycles. The SMILES string of the molecule is CC.CC.CC(CC=O)CCN(C)C. The van der Waals surface area contributed by atoms with E-state index in [2.05, 4.69) is 11.8 Å². The third kappa shape index (κ3) is 22.6. The van der Waals surface area contributed by atoms with Gasteiger partial charge in [-0.05, 0) is 33.0 Å². The first-order valence-electron chi connectivity index (χ1n) is 5.75. The molecule has 0 aliphatic heterocycles. The summed E-state index contributed by atoms with van der Waals surface area (Å²) < 4.78 is 0. The van der Waals surface area contributed by atoms with E-state index in [-0.39, 0.29) is 0 Å². The number of hydrogen-bond donors (Lipinski definition) is 0. The van der Waals surface area contributed by atoms with Crippen molar-refractivity contribution in [1.29, 1.82) is 0 Å². The van der Waals surface area contributed by atoms with Gasteiger partial charge in [0.2, 0.25) is 0 Å². The summed E-state index contributed by atoms with van der Waals surface area (Å²) in [4.78, 5) is 12.2. The van der Waals surface area contributed by atoms with E-state index < -0.39 is 0 Å². The summed E-state index contributed by atoms with van der Waals surface area (Å²) in [6, 6.07) is 0. The molecule has 0 fully saturated rings. The summed E-state index contributed by atoms with van der Waals surface area (Å²) >= 11 is 0. The zero-order valence-electron chi connectivity index (χ0n) is 11.1. The quantitative estimate of drug-likeness (QED) is 0.639. The van der Waals surface area contributed by atoms with Crippen LogP contribution < -0.4 is 0 Å². The Kier molecular flexibility index (Phi) is 25.3. The number of hydrogen-bond acceptors (Lipinski definition) is 2. The van der Waals surface area contributed by atoms with Crippen molar-refractivity contribution in [3.63, 3.8) is 0 Å². The van der Waals surface area contributed by atoms with Gasteiger partial charge in [0, 0.05) is 6.42 Å². The lowest BCUT2D eigenvalue weighted by molar-refractivity contribution is -0.108. The molecule has 0 aromatic rings. The van der Waals surface area contributed by atoms with E-state index in [1.165, 1.54) is 0 Å². The van der Waals surface area contributed by atoms with E-state index in [0.29, 0.717) is 12.3 Å². The fraction of sp³-hybridized carbons (Fsp3) is 0.917. The second-order valence-corrected chi connectivity index (χ2v) is 3.10.